The zero-order valence-electron chi connectivity index (χ0n) is 10.5. The molecule has 0 bridgehead atoms. The van der Waals surface area contributed by atoms with Crippen LogP contribution in [0.5, 0.6) is 0 Å². The molecule has 4 N–H and O–H groups in total. The topological polar surface area (TPSA) is 83.8 Å². The molecule has 5 nitrogen and oxygen atoms in total. The Morgan fingerprint density at radius 1 is 1.63 bits per heavy atom. The third kappa shape index (κ3) is 3.44. The molecule has 0 spiro atoms. The standard InChI is InChI=1S/C13H14N4OS/c1-9-7-11(19-10(9)3-2-4-14)13(18)17-8-12-15-5-6-16-12/h5-7H,4,8,14H2,1H3,(H,15,16)(H,17,18). The molecule has 0 saturated heterocycles. The summed E-state index contributed by atoms with van der Waals surface area (Å²) in [5.41, 5.74) is 6.33. The van der Waals surface area contributed by atoms with Crippen LogP contribution in [0.3, 0.4) is 0 Å². The highest BCUT2D eigenvalue weighted by atomic mass is 32.1. The average molecular weight is 274 g/mol. The predicted molar refractivity (Wildman–Crippen MR) is 74.7 cm³/mol. The molecule has 98 valence electrons. The lowest BCUT2D eigenvalue weighted by molar-refractivity contribution is 0.0954. The van der Waals surface area contributed by atoms with Gasteiger partial charge in [0.1, 0.15) is 5.82 Å². The summed E-state index contributed by atoms with van der Waals surface area (Å²) >= 11 is 1.37. The molecule has 2 aromatic heterocycles. The van der Waals surface area contributed by atoms with E-state index >= 15 is 0 Å². The lowest BCUT2D eigenvalue weighted by Gasteiger charge is -1.99. The van der Waals surface area contributed by atoms with Crippen molar-refractivity contribution in [3.63, 3.8) is 0 Å². The highest BCUT2D eigenvalue weighted by Gasteiger charge is 2.11. The van der Waals surface area contributed by atoms with Gasteiger partial charge in [0.2, 0.25) is 0 Å². The second kappa shape index (κ2) is 6.18. The number of imidazole rings is 1. The minimum absolute atomic E-state index is 0.120. The van der Waals surface area contributed by atoms with E-state index in [2.05, 4.69) is 27.1 Å². The van der Waals surface area contributed by atoms with Gasteiger partial charge < -0.3 is 16.0 Å². The number of hydrogen-bond donors (Lipinski definition) is 3. The molecule has 1 amide bonds. The second-order valence-corrected chi connectivity index (χ2v) is 4.90. The molecule has 0 atom stereocenters. The molecule has 2 aromatic rings. The van der Waals surface area contributed by atoms with Crippen LogP contribution in [0, 0.1) is 18.8 Å². The van der Waals surface area contributed by atoms with Crippen LogP contribution >= 0.6 is 11.3 Å². The number of carbonyl (C=O) groups is 1. The molecule has 2 rings (SSSR count). The largest absolute Gasteiger partial charge is 0.347 e. The van der Waals surface area contributed by atoms with Crippen molar-refractivity contribution < 1.29 is 4.79 Å². The van der Waals surface area contributed by atoms with Crippen molar-refractivity contribution in [1.82, 2.24) is 15.3 Å². The number of rotatable bonds is 3. The smallest absolute Gasteiger partial charge is 0.261 e. The van der Waals surface area contributed by atoms with Crippen molar-refractivity contribution >= 4 is 17.2 Å². The molecule has 0 aromatic carbocycles. The number of amides is 1. The fourth-order valence-corrected chi connectivity index (χ4v) is 2.46. The maximum absolute atomic E-state index is 12.0. The van der Waals surface area contributed by atoms with Gasteiger partial charge in [-0.25, -0.2) is 4.98 Å². The van der Waals surface area contributed by atoms with Crippen molar-refractivity contribution in [3.8, 4) is 11.8 Å². The van der Waals surface area contributed by atoms with Crippen LogP contribution in [-0.2, 0) is 6.54 Å². The SMILES string of the molecule is Cc1cc(C(=O)NCc2ncc[nH]2)sc1C#CCN. The number of thiophene rings is 1. The number of aromatic nitrogens is 2. The minimum atomic E-state index is -0.120. The molecule has 0 aliphatic carbocycles. The second-order valence-electron chi connectivity index (χ2n) is 3.85. The molecule has 0 saturated carbocycles. The van der Waals surface area contributed by atoms with Crippen LogP contribution in [0.1, 0.15) is 25.9 Å². The molecule has 0 aliphatic heterocycles. The summed E-state index contributed by atoms with van der Waals surface area (Å²) in [6, 6.07) is 1.84. The summed E-state index contributed by atoms with van der Waals surface area (Å²) < 4.78 is 0. The minimum Gasteiger partial charge on any atom is -0.347 e. The number of nitrogens with zero attached hydrogens (tertiary/aromatic N) is 1. The first-order valence-electron chi connectivity index (χ1n) is 5.76. The van der Waals surface area contributed by atoms with Crippen LogP contribution in [-0.4, -0.2) is 22.4 Å². The van der Waals surface area contributed by atoms with Gasteiger partial charge in [0.15, 0.2) is 0 Å². The molecule has 0 radical (unpaired) electrons. The Balaban J connectivity index is 2.03. The lowest BCUT2D eigenvalue weighted by atomic mass is 10.2. The predicted octanol–water partition coefficient (Wildman–Crippen LogP) is 1.02. The Morgan fingerprint density at radius 2 is 2.47 bits per heavy atom. The maximum atomic E-state index is 12.0. The molecular formula is C13H14N4OS. The van der Waals surface area contributed by atoms with Crippen LogP contribution in [0.15, 0.2) is 18.5 Å². The summed E-state index contributed by atoms with van der Waals surface area (Å²) in [7, 11) is 0. The molecule has 0 unspecified atom stereocenters. The van der Waals surface area contributed by atoms with E-state index in [0.717, 1.165) is 16.3 Å². The van der Waals surface area contributed by atoms with E-state index < -0.39 is 0 Å². The van der Waals surface area contributed by atoms with E-state index in [0.29, 0.717) is 18.0 Å². The van der Waals surface area contributed by atoms with Crippen molar-refractivity contribution in [1.29, 1.82) is 0 Å². The summed E-state index contributed by atoms with van der Waals surface area (Å²) in [4.78, 5) is 20.5. The van der Waals surface area contributed by atoms with E-state index in [1.54, 1.807) is 12.4 Å². The van der Waals surface area contributed by atoms with Gasteiger partial charge in [-0.3, -0.25) is 4.79 Å². The highest BCUT2D eigenvalue weighted by Crippen LogP contribution is 2.20. The van der Waals surface area contributed by atoms with Gasteiger partial charge in [0, 0.05) is 12.4 Å². The fraction of sp³-hybridized carbons (Fsp3) is 0.231. The van der Waals surface area contributed by atoms with E-state index in [1.807, 2.05) is 13.0 Å². The number of H-pyrrole nitrogens is 1. The van der Waals surface area contributed by atoms with Crippen molar-refractivity contribution in [2.24, 2.45) is 5.73 Å². The number of aromatic amines is 1. The van der Waals surface area contributed by atoms with Crippen molar-refractivity contribution in [3.05, 3.63) is 39.6 Å². The fourth-order valence-electron chi connectivity index (χ4n) is 1.50. The zero-order chi connectivity index (χ0) is 13.7. The van der Waals surface area contributed by atoms with Crippen LogP contribution in [0.25, 0.3) is 0 Å². The molecule has 0 aliphatic rings. The Morgan fingerprint density at radius 3 is 3.16 bits per heavy atom. The Labute approximate surface area is 115 Å². The molecular weight excluding hydrogens is 260 g/mol. The summed E-state index contributed by atoms with van der Waals surface area (Å²) in [6.45, 7) is 2.63. The third-order valence-electron chi connectivity index (χ3n) is 2.42. The number of hydrogen-bond acceptors (Lipinski definition) is 4. The quantitative estimate of drug-likeness (QED) is 0.731. The first kappa shape index (κ1) is 13.3. The number of nitrogens with one attached hydrogen (secondary N) is 2. The van der Waals surface area contributed by atoms with E-state index in [9.17, 15) is 4.79 Å². The van der Waals surface area contributed by atoms with Gasteiger partial charge in [0.25, 0.3) is 5.91 Å². The van der Waals surface area contributed by atoms with Crippen molar-refractivity contribution in [2.45, 2.75) is 13.5 Å². The average Bonchev–Trinajstić information content (AvgIpc) is 3.03. The van der Waals surface area contributed by atoms with Gasteiger partial charge in [-0.2, -0.15) is 0 Å². The highest BCUT2D eigenvalue weighted by molar-refractivity contribution is 7.14. The van der Waals surface area contributed by atoms with Gasteiger partial charge in [-0.05, 0) is 18.6 Å². The molecule has 2 heterocycles. The van der Waals surface area contributed by atoms with Gasteiger partial charge in [-0.15, -0.1) is 11.3 Å². The zero-order valence-corrected chi connectivity index (χ0v) is 11.3. The Kier molecular flexibility index (Phi) is 4.34. The molecule has 6 heteroatoms. The summed E-state index contributed by atoms with van der Waals surface area (Å²) in [6.07, 6.45) is 3.37. The lowest BCUT2D eigenvalue weighted by Crippen LogP contribution is -2.22. The van der Waals surface area contributed by atoms with Crippen molar-refractivity contribution in [2.75, 3.05) is 6.54 Å². The number of carbonyl (C=O) groups excluding carboxylic acids is 1. The third-order valence-corrected chi connectivity index (χ3v) is 3.57. The first-order chi connectivity index (χ1) is 9.20. The molecule has 19 heavy (non-hydrogen) atoms. The molecule has 0 fully saturated rings. The number of aryl methyl sites for hydroxylation is 1. The summed E-state index contributed by atoms with van der Waals surface area (Å²) in [5, 5.41) is 2.80. The normalized spacial score (nSPS) is 9.79. The van der Waals surface area contributed by atoms with E-state index in [1.165, 1.54) is 11.3 Å². The maximum Gasteiger partial charge on any atom is 0.261 e. The van der Waals surface area contributed by atoms with E-state index in [4.69, 9.17) is 5.73 Å². The van der Waals surface area contributed by atoms with Gasteiger partial charge in [-0.1, -0.05) is 11.8 Å². The Hall–Kier alpha value is -2.10. The van der Waals surface area contributed by atoms with Gasteiger partial charge in [0.05, 0.1) is 22.8 Å². The summed E-state index contributed by atoms with van der Waals surface area (Å²) in [5.74, 6) is 6.36. The number of nitrogens with two attached hydrogens (primary N) is 1. The van der Waals surface area contributed by atoms with Crippen LogP contribution < -0.4 is 11.1 Å². The monoisotopic (exact) mass is 274 g/mol. The van der Waals surface area contributed by atoms with Crippen LogP contribution in [0.4, 0.5) is 0 Å². The van der Waals surface area contributed by atoms with Gasteiger partial charge >= 0.3 is 0 Å². The first-order valence-corrected chi connectivity index (χ1v) is 6.58. The van der Waals surface area contributed by atoms with E-state index in [-0.39, 0.29) is 5.91 Å². The van der Waals surface area contributed by atoms with Crippen LogP contribution in [0.2, 0.25) is 0 Å². The Bertz CT molecular complexity index is 619.